The normalized spacial score (nSPS) is 34.8. The molecule has 60 valence electrons. The van der Waals surface area contributed by atoms with Crippen molar-refractivity contribution in [1.82, 2.24) is 0 Å². The Hall–Kier alpha value is -0.0400. The first-order valence-corrected chi connectivity index (χ1v) is 4.31. The number of hydrogen-bond acceptors (Lipinski definition) is 1. The molecule has 1 heteroatoms. The largest absolute Gasteiger partial charge is 0.378 e. The maximum absolute atomic E-state index is 5.65. The summed E-state index contributed by atoms with van der Waals surface area (Å²) in [5.41, 5.74) is 0. The summed E-state index contributed by atoms with van der Waals surface area (Å²) < 4.78 is 5.65. The Balaban J connectivity index is 2.26. The van der Waals surface area contributed by atoms with E-state index >= 15 is 0 Å². The third kappa shape index (κ3) is 1.98. The van der Waals surface area contributed by atoms with Crippen LogP contribution in [0.25, 0.3) is 0 Å². The Morgan fingerprint density at radius 3 is 2.40 bits per heavy atom. The Morgan fingerprint density at radius 2 is 2.00 bits per heavy atom. The molecule has 0 spiro atoms. The molecule has 0 aromatic carbocycles. The molecule has 1 rings (SSSR count). The summed E-state index contributed by atoms with van der Waals surface area (Å²) in [5.74, 6) is 1.49. The maximum atomic E-state index is 5.65. The van der Waals surface area contributed by atoms with Crippen molar-refractivity contribution in [1.29, 1.82) is 0 Å². The minimum atomic E-state index is 0.538. The van der Waals surface area contributed by atoms with Crippen LogP contribution in [0.2, 0.25) is 0 Å². The van der Waals surface area contributed by atoms with Gasteiger partial charge < -0.3 is 4.74 Å². The molecule has 0 radical (unpaired) electrons. The lowest BCUT2D eigenvalue weighted by atomic mass is 9.94. The maximum Gasteiger partial charge on any atom is 0.0598 e. The van der Waals surface area contributed by atoms with Crippen LogP contribution in [-0.4, -0.2) is 12.7 Å². The number of rotatable bonds is 1. The SMILES string of the molecule is CC(C)[C@@H]1CC[C@@H](C)CO1. The number of hydrogen-bond donors (Lipinski definition) is 0. The van der Waals surface area contributed by atoms with Crippen molar-refractivity contribution < 1.29 is 4.74 Å². The van der Waals surface area contributed by atoms with Gasteiger partial charge in [0.25, 0.3) is 0 Å². The van der Waals surface area contributed by atoms with Gasteiger partial charge in [-0.25, -0.2) is 0 Å². The summed E-state index contributed by atoms with van der Waals surface area (Å²) in [5, 5.41) is 0. The molecule has 0 amide bonds. The molecular formula is C9H18O. The van der Waals surface area contributed by atoms with Gasteiger partial charge in [0.15, 0.2) is 0 Å². The topological polar surface area (TPSA) is 9.23 Å². The minimum Gasteiger partial charge on any atom is -0.378 e. The lowest BCUT2D eigenvalue weighted by molar-refractivity contribution is -0.0351. The zero-order chi connectivity index (χ0) is 7.56. The summed E-state index contributed by atoms with van der Waals surface area (Å²) in [4.78, 5) is 0. The summed E-state index contributed by atoms with van der Waals surface area (Å²) in [6.45, 7) is 7.71. The lowest BCUT2D eigenvalue weighted by Crippen LogP contribution is -2.28. The summed E-state index contributed by atoms with van der Waals surface area (Å²) in [7, 11) is 0. The lowest BCUT2D eigenvalue weighted by Gasteiger charge is -2.29. The Bertz CT molecular complexity index is 90.9. The van der Waals surface area contributed by atoms with E-state index in [1.807, 2.05) is 0 Å². The Labute approximate surface area is 63.8 Å². The average molecular weight is 142 g/mol. The van der Waals surface area contributed by atoms with Crippen molar-refractivity contribution >= 4 is 0 Å². The fourth-order valence-electron chi connectivity index (χ4n) is 1.43. The van der Waals surface area contributed by atoms with E-state index in [1.165, 1.54) is 12.8 Å². The molecule has 1 aliphatic heterocycles. The first kappa shape index (κ1) is 8.06. The van der Waals surface area contributed by atoms with E-state index in [2.05, 4.69) is 20.8 Å². The molecule has 1 saturated heterocycles. The van der Waals surface area contributed by atoms with Gasteiger partial charge in [0.05, 0.1) is 6.10 Å². The van der Waals surface area contributed by atoms with Crippen LogP contribution in [0, 0.1) is 11.8 Å². The van der Waals surface area contributed by atoms with Crippen LogP contribution in [0.4, 0.5) is 0 Å². The van der Waals surface area contributed by atoms with E-state index in [9.17, 15) is 0 Å². The quantitative estimate of drug-likeness (QED) is 0.546. The molecule has 1 aliphatic rings. The molecule has 0 saturated carbocycles. The van der Waals surface area contributed by atoms with Gasteiger partial charge in [0.1, 0.15) is 0 Å². The monoisotopic (exact) mass is 142 g/mol. The Kier molecular flexibility index (Phi) is 2.72. The second kappa shape index (κ2) is 3.38. The van der Waals surface area contributed by atoms with Gasteiger partial charge in [0, 0.05) is 6.61 Å². The van der Waals surface area contributed by atoms with Crippen molar-refractivity contribution in [2.24, 2.45) is 11.8 Å². The van der Waals surface area contributed by atoms with Gasteiger partial charge in [-0.15, -0.1) is 0 Å². The highest BCUT2D eigenvalue weighted by molar-refractivity contribution is 4.69. The zero-order valence-corrected chi connectivity index (χ0v) is 7.26. The van der Waals surface area contributed by atoms with Crippen molar-refractivity contribution in [2.75, 3.05) is 6.61 Å². The van der Waals surface area contributed by atoms with E-state index in [4.69, 9.17) is 4.74 Å². The van der Waals surface area contributed by atoms with Crippen molar-refractivity contribution in [2.45, 2.75) is 39.7 Å². The molecule has 0 N–H and O–H groups in total. The molecule has 0 bridgehead atoms. The first-order valence-electron chi connectivity index (χ1n) is 4.31. The van der Waals surface area contributed by atoms with Crippen LogP contribution in [0.1, 0.15) is 33.6 Å². The van der Waals surface area contributed by atoms with Crippen LogP contribution in [-0.2, 0) is 4.74 Å². The molecular weight excluding hydrogens is 124 g/mol. The summed E-state index contributed by atoms with van der Waals surface area (Å²) >= 11 is 0. The fraction of sp³-hybridized carbons (Fsp3) is 1.00. The molecule has 1 heterocycles. The van der Waals surface area contributed by atoms with Crippen LogP contribution in [0.15, 0.2) is 0 Å². The van der Waals surface area contributed by atoms with Gasteiger partial charge in [-0.05, 0) is 24.7 Å². The van der Waals surface area contributed by atoms with Crippen LogP contribution in [0.3, 0.4) is 0 Å². The molecule has 0 unspecified atom stereocenters. The minimum absolute atomic E-state index is 0.538. The first-order chi connectivity index (χ1) is 4.70. The second-order valence-corrected chi connectivity index (χ2v) is 3.80. The van der Waals surface area contributed by atoms with Crippen molar-refractivity contribution in [3.8, 4) is 0 Å². The van der Waals surface area contributed by atoms with E-state index in [-0.39, 0.29) is 0 Å². The Morgan fingerprint density at radius 1 is 1.30 bits per heavy atom. The van der Waals surface area contributed by atoms with Crippen molar-refractivity contribution in [3.63, 3.8) is 0 Å². The highest BCUT2D eigenvalue weighted by Crippen LogP contribution is 2.22. The average Bonchev–Trinajstić information content (AvgIpc) is 1.88. The van der Waals surface area contributed by atoms with Crippen LogP contribution >= 0.6 is 0 Å². The zero-order valence-electron chi connectivity index (χ0n) is 7.26. The third-order valence-corrected chi connectivity index (χ3v) is 2.28. The van der Waals surface area contributed by atoms with Gasteiger partial charge in [-0.1, -0.05) is 20.8 Å². The molecule has 1 fully saturated rings. The fourth-order valence-corrected chi connectivity index (χ4v) is 1.43. The number of ether oxygens (including phenoxy) is 1. The predicted octanol–water partition coefficient (Wildman–Crippen LogP) is 2.46. The molecule has 0 aromatic rings. The van der Waals surface area contributed by atoms with E-state index < -0.39 is 0 Å². The van der Waals surface area contributed by atoms with Crippen LogP contribution in [0.5, 0.6) is 0 Å². The molecule has 0 aliphatic carbocycles. The molecule has 1 nitrogen and oxygen atoms in total. The van der Waals surface area contributed by atoms with Gasteiger partial charge in [-0.3, -0.25) is 0 Å². The molecule has 10 heavy (non-hydrogen) atoms. The smallest absolute Gasteiger partial charge is 0.0598 e. The second-order valence-electron chi connectivity index (χ2n) is 3.80. The standard InChI is InChI=1S/C9H18O/c1-7(2)9-5-4-8(3)6-10-9/h7-9H,4-6H2,1-3H3/t8-,9+/m1/s1. The van der Waals surface area contributed by atoms with Gasteiger partial charge >= 0.3 is 0 Å². The van der Waals surface area contributed by atoms with Crippen molar-refractivity contribution in [3.05, 3.63) is 0 Å². The molecule has 0 aromatic heterocycles. The van der Waals surface area contributed by atoms with E-state index in [0.29, 0.717) is 12.0 Å². The highest BCUT2D eigenvalue weighted by atomic mass is 16.5. The third-order valence-electron chi connectivity index (χ3n) is 2.28. The summed E-state index contributed by atoms with van der Waals surface area (Å²) in [6, 6.07) is 0. The predicted molar refractivity (Wildman–Crippen MR) is 43.0 cm³/mol. The van der Waals surface area contributed by atoms with Gasteiger partial charge in [-0.2, -0.15) is 0 Å². The van der Waals surface area contributed by atoms with E-state index in [1.54, 1.807) is 0 Å². The highest BCUT2D eigenvalue weighted by Gasteiger charge is 2.20. The summed E-state index contributed by atoms with van der Waals surface area (Å²) in [6.07, 6.45) is 3.15. The molecule has 2 atom stereocenters. The van der Waals surface area contributed by atoms with Gasteiger partial charge in [0.2, 0.25) is 0 Å². The van der Waals surface area contributed by atoms with Crippen LogP contribution < -0.4 is 0 Å². The van der Waals surface area contributed by atoms with E-state index in [0.717, 1.165) is 12.5 Å².